The Morgan fingerprint density at radius 1 is 0.897 bits per heavy atom. The molecule has 2 fully saturated rings. The topological polar surface area (TPSA) is 75.7 Å². The van der Waals surface area contributed by atoms with Crippen LogP contribution in [0.25, 0.3) is 0 Å². The number of rotatable bonds is 5. The van der Waals surface area contributed by atoms with Crippen LogP contribution in [-0.2, 0) is 14.4 Å². The van der Waals surface area contributed by atoms with E-state index in [9.17, 15) is 14.4 Å². The third-order valence-corrected chi connectivity index (χ3v) is 5.98. The zero-order valence-electron chi connectivity index (χ0n) is 15.7. The first-order valence-corrected chi connectivity index (χ1v) is 9.76. The van der Waals surface area contributed by atoms with E-state index >= 15 is 0 Å². The predicted octanol–water partition coefficient (Wildman–Crippen LogP) is 3.22. The van der Waals surface area contributed by atoms with Crippen molar-refractivity contribution in [3.8, 4) is 11.5 Å². The minimum atomic E-state index is -0.385. The Bertz CT molecular complexity index is 969. The van der Waals surface area contributed by atoms with Gasteiger partial charge in [0.25, 0.3) is 0 Å². The summed E-state index contributed by atoms with van der Waals surface area (Å²) in [6, 6.07) is 16.4. The summed E-state index contributed by atoms with van der Waals surface area (Å²) in [6.07, 6.45) is 4.96. The molecule has 2 bridgehead atoms. The highest BCUT2D eigenvalue weighted by molar-refractivity contribution is 6.09. The van der Waals surface area contributed by atoms with Gasteiger partial charge in [-0.15, -0.1) is 0 Å². The smallest absolute Gasteiger partial charge is 0.244 e. The molecule has 0 radical (unpaired) electrons. The number of ether oxygens (including phenoxy) is 1. The van der Waals surface area contributed by atoms with Gasteiger partial charge in [-0.25, -0.2) is 0 Å². The number of likely N-dealkylation sites (tertiary alicyclic amines) is 1. The second-order valence-electron chi connectivity index (χ2n) is 7.75. The van der Waals surface area contributed by atoms with Gasteiger partial charge in [0.15, 0.2) is 0 Å². The number of amides is 3. The molecule has 6 heteroatoms. The number of nitrogens with zero attached hydrogens (tertiary/aromatic N) is 1. The van der Waals surface area contributed by atoms with E-state index in [1.807, 2.05) is 42.5 Å². The van der Waals surface area contributed by atoms with Crippen LogP contribution in [-0.4, -0.2) is 29.2 Å². The lowest BCUT2D eigenvalue weighted by atomic mass is 9.85. The monoisotopic (exact) mass is 388 g/mol. The van der Waals surface area contributed by atoms with E-state index in [0.717, 1.165) is 17.1 Å². The number of anilines is 1. The molecule has 2 aromatic rings. The summed E-state index contributed by atoms with van der Waals surface area (Å²) in [6.45, 7) is -0.244. The summed E-state index contributed by atoms with van der Waals surface area (Å²) >= 11 is 0. The predicted molar refractivity (Wildman–Crippen MR) is 106 cm³/mol. The van der Waals surface area contributed by atoms with E-state index in [2.05, 4.69) is 5.32 Å². The van der Waals surface area contributed by atoms with Crippen LogP contribution < -0.4 is 10.1 Å². The number of benzene rings is 2. The second kappa shape index (κ2) is 6.88. The molecule has 0 unspecified atom stereocenters. The molecule has 1 saturated heterocycles. The number of hydrogen-bond acceptors (Lipinski definition) is 4. The van der Waals surface area contributed by atoms with Crippen molar-refractivity contribution in [3.05, 3.63) is 66.7 Å². The Hall–Kier alpha value is -3.41. The van der Waals surface area contributed by atoms with Crippen LogP contribution in [0, 0.1) is 23.7 Å². The van der Waals surface area contributed by atoms with Gasteiger partial charge in [0.05, 0.1) is 11.8 Å². The summed E-state index contributed by atoms with van der Waals surface area (Å²) in [5.74, 6) is 0.304. The Morgan fingerprint density at radius 2 is 1.48 bits per heavy atom. The standard InChI is InChI=1S/C23H20N2O4/c26-19(13-25-22(27)20-14-6-7-15(12-14)21(20)23(25)28)24-16-8-10-18(11-9-16)29-17-4-2-1-3-5-17/h1-11,14-15,20-21H,12-13H2,(H,24,26)/t14-,15-,20+,21+/m0/s1. The van der Waals surface area contributed by atoms with Gasteiger partial charge in [0.2, 0.25) is 17.7 Å². The number of allylic oxidation sites excluding steroid dienone is 2. The fourth-order valence-corrected chi connectivity index (χ4v) is 4.69. The van der Waals surface area contributed by atoms with Crippen LogP contribution in [0.1, 0.15) is 6.42 Å². The maximum absolute atomic E-state index is 12.7. The highest BCUT2D eigenvalue weighted by atomic mass is 16.5. The van der Waals surface area contributed by atoms with Crippen LogP contribution in [0.5, 0.6) is 11.5 Å². The van der Waals surface area contributed by atoms with E-state index in [4.69, 9.17) is 4.74 Å². The summed E-state index contributed by atoms with van der Waals surface area (Å²) in [7, 11) is 0. The quantitative estimate of drug-likeness (QED) is 0.630. The molecule has 4 atom stereocenters. The summed E-state index contributed by atoms with van der Waals surface area (Å²) in [5.41, 5.74) is 0.580. The lowest BCUT2D eigenvalue weighted by Gasteiger charge is -2.17. The average molecular weight is 388 g/mol. The van der Waals surface area contributed by atoms with Gasteiger partial charge in [-0.2, -0.15) is 0 Å². The zero-order valence-corrected chi connectivity index (χ0v) is 15.7. The highest BCUT2D eigenvalue weighted by Gasteiger charge is 2.59. The average Bonchev–Trinajstić information content (AvgIpc) is 3.40. The van der Waals surface area contributed by atoms with Crippen LogP contribution in [0.15, 0.2) is 66.7 Å². The third-order valence-electron chi connectivity index (χ3n) is 5.98. The van der Waals surface area contributed by atoms with Gasteiger partial charge >= 0.3 is 0 Å². The molecule has 1 saturated carbocycles. The molecule has 2 aromatic carbocycles. The molecule has 1 aliphatic heterocycles. The number of nitrogens with one attached hydrogen (secondary N) is 1. The first kappa shape index (κ1) is 17.7. The zero-order chi connectivity index (χ0) is 20.0. The largest absolute Gasteiger partial charge is 0.457 e. The third kappa shape index (κ3) is 3.10. The van der Waals surface area contributed by atoms with Gasteiger partial charge < -0.3 is 10.1 Å². The van der Waals surface area contributed by atoms with Crippen molar-refractivity contribution in [2.45, 2.75) is 6.42 Å². The fraction of sp³-hybridized carbons (Fsp3) is 0.261. The van der Waals surface area contributed by atoms with Crippen molar-refractivity contribution in [1.82, 2.24) is 4.90 Å². The SMILES string of the molecule is O=C(CN1C(=O)[C@H]2[C@H](C1=O)[C@H]1C=C[C@H]2C1)Nc1ccc(Oc2ccccc2)cc1. The molecule has 3 amide bonds. The van der Waals surface area contributed by atoms with E-state index < -0.39 is 0 Å². The van der Waals surface area contributed by atoms with E-state index in [-0.39, 0.29) is 47.9 Å². The Kier molecular flexibility index (Phi) is 4.19. The Morgan fingerprint density at radius 3 is 2.10 bits per heavy atom. The molecule has 0 aromatic heterocycles. The molecular formula is C23H20N2O4. The Balaban J connectivity index is 1.20. The van der Waals surface area contributed by atoms with Gasteiger partial charge in [0, 0.05) is 5.69 Å². The van der Waals surface area contributed by atoms with Gasteiger partial charge in [-0.1, -0.05) is 30.4 Å². The lowest BCUT2D eigenvalue weighted by Crippen LogP contribution is -2.39. The van der Waals surface area contributed by atoms with Crippen LogP contribution >= 0.6 is 0 Å². The molecule has 3 aliphatic rings. The molecule has 6 nitrogen and oxygen atoms in total. The molecule has 2 aliphatic carbocycles. The highest BCUT2D eigenvalue weighted by Crippen LogP contribution is 2.52. The minimum Gasteiger partial charge on any atom is -0.457 e. The van der Waals surface area contributed by atoms with Crippen molar-refractivity contribution in [2.75, 3.05) is 11.9 Å². The number of carbonyl (C=O) groups is 3. The van der Waals surface area contributed by atoms with Gasteiger partial charge in [-0.3, -0.25) is 19.3 Å². The van der Waals surface area contributed by atoms with E-state index in [1.165, 1.54) is 0 Å². The van der Waals surface area contributed by atoms with Crippen molar-refractivity contribution in [1.29, 1.82) is 0 Å². The van der Waals surface area contributed by atoms with Gasteiger partial charge in [0.1, 0.15) is 18.0 Å². The first-order chi connectivity index (χ1) is 14.1. The van der Waals surface area contributed by atoms with E-state index in [1.54, 1.807) is 24.3 Å². The van der Waals surface area contributed by atoms with Crippen LogP contribution in [0.4, 0.5) is 5.69 Å². The number of hydrogen-bond donors (Lipinski definition) is 1. The molecular weight excluding hydrogens is 368 g/mol. The number of fused-ring (bicyclic) bond motifs is 5. The molecule has 146 valence electrons. The van der Waals surface area contributed by atoms with Crippen molar-refractivity contribution in [3.63, 3.8) is 0 Å². The van der Waals surface area contributed by atoms with Crippen LogP contribution in [0.2, 0.25) is 0 Å². The van der Waals surface area contributed by atoms with Crippen LogP contribution in [0.3, 0.4) is 0 Å². The fourth-order valence-electron chi connectivity index (χ4n) is 4.69. The molecule has 1 N–H and O–H groups in total. The normalized spacial score (nSPS) is 26.7. The summed E-state index contributed by atoms with van der Waals surface area (Å²) in [5, 5.41) is 2.75. The minimum absolute atomic E-state index is 0.145. The molecule has 0 spiro atoms. The summed E-state index contributed by atoms with van der Waals surface area (Å²) < 4.78 is 5.73. The number of para-hydroxylation sites is 1. The molecule has 1 heterocycles. The number of imide groups is 1. The number of carbonyl (C=O) groups excluding carboxylic acids is 3. The van der Waals surface area contributed by atoms with E-state index in [0.29, 0.717) is 11.4 Å². The van der Waals surface area contributed by atoms with Crippen molar-refractivity contribution >= 4 is 23.4 Å². The van der Waals surface area contributed by atoms with Crippen molar-refractivity contribution < 1.29 is 19.1 Å². The molecule has 5 rings (SSSR count). The van der Waals surface area contributed by atoms with Crippen molar-refractivity contribution in [2.24, 2.45) is 23.7 Å². The summed E-state index contributed by atoms with van der Waals surface area (Å²) in [4.78, 5) is 38.9. The molecule has 29 heavy (non-hydrogen) atoms. The maximum Gasteiger partial charge on any atom is 0.244 e. The second-order valence-corrected chi connectivity index (χ2v) is 7.75. The van der Waals surface area contributed by atoms with Gasteiger partial charge in [-0.05, 0) is 54.7 Å². The Labute approximate surface area is 168 Å². The first-order valence-electron chi connectivity index (χ1n) is 9.76. The lowest BCUT2D eigenvalue weighted by molar-refractivity contribution is -0.143. The maximum atomic E-state index is 12.7.